The van der Waals surface area contributed by atoms with Crippen LogP contribution in [0.3, 0.4) is 0 Å². The summed E-state index contributed by atoms with van der Waals surface area (Å²) in [6, 6.07) is 0. The molecule has 0 bridgehead atoms. The van der Waals surface area contributed by atoms with Gasteiger partial charge < -0.3 is 34.2 Å². The molecule has 0 radical (unpaired) electrons. The van der Waals surface area contributed by atoms with Crippen LogP contribution in [0.15, 0.2) is 158 Å². The third kappa shape index (κ3) is 102. The lowest BCUT2D eigenvalue weighted by atomic mass is 10.0. The second-order valence-corrected chi connectivity index (χ2v) is 37.5. The van der Waals surface area contributed by atoms with Crippen LogP contribution in [0.5, 0.6) is 0 Å². The molecule has 18 heteroatoms. The van der Waals surface area contributed by atoms with Crippen LogP contribution >= 0.6 is 15.6 Å². The number of allylic oxidation sites excluding steroid dienone is 26. The minimum absolute atomic E-state index is 0.0897. The Bertz CT molecular complexity index is 2940. The van der Waals surface area contributed by atoms with E-state index in [0.29, 0.717) is 19.3 Å². The minimum Gasteiger partial charge on any atom is -0.463 e. The van der Waals surface area contributed by atoms with Crippen molar-refractivity contribution in [3.8, 4) is 0 Å². The Hall–Kier alpha value is -4.83. The number of aliphatic hydroxyl groups excluding tert-OH is 2. The predicted molar refractivity (Wildman–Crippen MR) is 537 cm³/mol. The summed E-state index contributed by atoms with van der Waals surface area (Å²) in [5.74, 6) is -1.57. The highest BCUT2D eigenvalue weighted by atomic mass is 31.2. The van der Waals surface area contributed by atoms with Gasteiger partial charge in [0, 0.05) is 19.3 Å². The van der Waals surface area contributed by atoms with Gasteiger partial charge in [0.1, 0.15) is 25.4 Å². The molecule has 0 aliphatic rings. The number of aliphatic hydroxyl groups is 2. The molecule has 0 aliphatic heterocycles. The van der Waals surface area contributed by atoms with Crippen molar-refractivity contribution >= 4 is 33.6 Å². The van der Waals surface area contributed by atoms with Gasteiger partial charge in [-0.05, 0) is 154 Å². The monoisotopic (exact) mass is 1820 g/mol. The van der Waals surface area contributed by atoms with Crippen molar-refractivity contribution < 1.29 is 75.8 Å². The maximum absolute atomic E-state index is 13.1. The van der Waals surface area contributed by atoms with E-state index in [1.807, 2.05) is 0 Å². The van der Waals surface area contributed by atoms with Crippen LogP contribution in [0.2, 0.25) is 0 Å². The van der Waals surface area contributed by atoms with Crippen LogP contribution in [-0.2, 0) is 55.8 Å². The number of phosphoric acid groups is 2. The Balaban J connectivity index is 4.54. The summed E-state index contributed by atoms with van der Waals surface area (Å²) in [6.45, 7) is 2.58. The summed E-state index contributed by atoms with van der Waals surface area (Å²) >= 11 is 0. The highest BCUT2D eigenvalue weighted by molar-refractivity contribution is 7.47. The number of hydrogen-bond donors (Lipinski definition) is 4. The quantitative estimate of drug-likeness (QED) is 0.0146. The first-order valence-electron chi connectivity index (χ1n) is 51.8. The number of hydrogen-bond acceptors (Lipinski definition) is 14. The van der Waals surface area contributed by atoms with E-state index in [9.17, 15) is 43.5 Å². The van der Waals surface area contributed by atoms with Crippen LogP contribution in [0.1, 0.15) is 457 Å². The van der Waals surface area contributed by atoms with Gasteiger partial charge in [0.05, 0.1) is 26.4 Å². The molecule has 0 heterocycles. The zero-order valence-corrected chi connectivity index (χ0v) is 82.9. The van der Waals surface area contributed by atoms with Crippen molar-refractivity contribution in [2.24, 2.45) is 0 Å². The standard InChI is InChI=1S/C109H190O16P2/c1-4-7-10-13-16-19-22-25-28-31-34-37-40-42-44-46-48-50-51-53-55-56-58-60-63-65-68-71-74-77-80-83-86-89-92-95-107(112)119-98-104(110)99-121-126(115,116)122-100-105(111)101-123-127(117,118)124-103-106(125-109(114)97-94-91-88-85-82-79-76-73-70-67-62-39-36-33-30-27-24-21-18-15-12-9-6-3)102-120-108(113)96-93-90-87-84-81-78-75-72-69-66-64-61-59-57-54-52-49-47-45-43-41-38-35-32-29-26-23-20-17-14-11-8-5-2/h9,12,16-21,25-30,34-39,42-45,67,70,104-106,110-111H,4-8,10-11,13-15,22-24,31-33,40-41,46-66,68-69,71-103H2,1-3H3,(H,115,116)(H,117,118)/b12-9-,19-16-,20-17-,21-18-,28-25-,29-26-,30-27-,37-34-,38-35-,39-36-,44-42-,45-43-,70-67-. The topological polar surface area (TPSA) is 231 Å². The first-order chi connectivity index (χ1) is 62.2. The molecule has 16 nitrogen and oxygen atoms in total. The zero-order valence-electron chi connectivity index (χ0n) is 81.2. The number of unbranched alkanes of at least 4 members (excludes halogenated alkanes) is 49. The van der Waals surface area contributed by atoms with Crippen molar-refractivity contribution in [3.05, 3.63) is 158 Å². The van der Waals surface area contributed by atoms with Gasteiger partial charge >= 0.3 is 33.6 Å². The highest BCUT2D eigenvalue weighted by Crippen LogP contribution is 2.45. The molecular formula is C109H190O16P2. The van der Waals surface area contributed by atoms with Gasteiger partial charge in [0.25, 0.3) is 0 Å². The Kier molecular flexibility index (Phi) is 96.4. The van der Waals surface area contributed by atoms with Crippen molar-refractivity contribution in [1.29, 1.82) is 0 Å². The molecule has 0 rings (SSSR count). The van der Waals surface area contributed by atoms with E-state index in [1.54, 1.807) is 0 Å². The third-order valence-corrected chi connectivity index (χ3v) is 24.1. The Morgan fingerprint density at radius 1 is 0.228 bits per heavy atom. The van der Waals surface area contributed by atoms with Crippen molar-refractivity contribution in [2.75, 3.05) is 39.6 Å². The van der Waals surface area contributed by atoms with Gasteiger partial charge in [-0.1, -0.05) is 442 Å². The van der Waals surface area contributed by atoms with Gasteiger partial charge in [-0.2, -0.15) is 0 Å². The van der Waals surface area contributed by atoms with E-state index in [2.05, 4.69) is 179 Å². The van der Waals surface area contributed by atoms with E-state index in [1.165, 1.54) is 244 Å². The predicted octanol–water partition coefficient (Wildman–Crippen LogP) is 32.8. The summed E-state index contributed by atoms with van der Waals surface area (Å²) in [4.78, 5) is 59.2. The second-order valence-electron chi connectivity index (χ2n) is 34.6. The van der Waals surface area contributed by atoms with Crippen LogP contribution in [0.25, 0.3) is 0 Å². The summed E-state index contributed by atoms with van der Waals surface area (Å²) in [6.07, 6.45) is 130. The molecule has 0 aromatic heterocycles. The van der Waals surface area contributed by atoms with Crippen molar-refractivity contribution in [2.45, 2.75) is 476 Å². The summed E-state index contributed by atoms with van der Waals surface area (Å²) in [5, 5.41) is 20.8. The van der Waals surface area contributed by atoms with Crippen LogP contribution < -0.4 is 0 Å². The summed E-state index contributed by atoms with van der Waals surface area (Å²) in [7, 11) is -9.82. The maximum atomic E-state index is 13.1. The second kappa shape index (κ2) is 100. The van der Waals surface area contributed by atoms with Crippen molar-refractivity contribution in [1.82, 2.24) is 0 Å². The zero-order chi connectivity index (χ0) is 92.1. The number of esters is 3. The van der Waals surface area contributed by atoms with Crippen LogP contribution in [0.4, 0.5) is 0 Å². The fourth-order valence-corrected chi connectivity index (χ4v) is 16.0. The largest absolute Gasteiger partial charge is 0.472 e. The molecule has 0 spiro atoms. The van der Waals surface area contributed by atoms with Crippen LogP contribution in [-0.4, -0.2) is 95.9 Å². The fourth-order valence-electron chi connectivity index (χ4n) is 14.4. The first-order valence-corrected chi connectivity index (χ1v) is 54.8. The average molecular weight is 1820 g/mol. The van der Waals surface area contributed by atoms with Gasteiger partial charge in [-0.25, -0.2) is 9.13 Å². The molecule has 0 saturated heterocycles. The van der Waals surface area contributed by atoms with Gasteiger partial charge in [0.2, 0.25) is 0 Å². The lowest BCUT2D eigenvalue weighted by molar-refractivity contribution is -0.161. The molecular weight excluding hydrogens is 1630 g/mol. The number of phosphoric ester groups is 2. The smallest absolute Gasteiger partial charge is 0.463 e. The van der Waals surface area contributed by atoms with Gasteiger partial charge in [-0.3, -0.25) is 32.5 Å². The van der Waals surface area contributed by atoms with E-state index >= 15 is 0 Å². The average Bonchev–Trinajstić information content (AvgIpc) is 0.897. The number of ether oxygens (including phenoxy) is 3. The van der Waals surface area contributed by atoms with E-state index in [-0.39, 0.29) is 19.3 Å². The van der Waals surface area contributed by atoms with Crippen molar-refractivity contribution in [3.63, 3.8) is 0 Å². The van der Waals surface area contributed by atoms with Gasteiger partial charge in [-0.15, -0.1) is 0 Å². The molecule has 0 amide bonds. The maximum Gasteiger partial charge on any atom is 0.472 e. The molecule has 5 unspecified atom stereocenters. The lowest BCUT2D eigenvalue weighted by Gasteiger charge is -2.21. The number of rotatable bonds is 98. The molecule has 4 N–H and O–H groups in total. The minimum atomic E-state index is -4.95. The molecule has 0 aliphatic carbocycles. The SMILES string of the molecule is CC/C=C\C/C=C\C/C=C\C/C=C\C/C=C\CCCCCCCCCC(=O)OC(COC(=O)CCCCCCCCCCCCCCCCCCC/C=C\C/C=C\C/C=C\C/C=C\CCCCC)COP(=O)(O)OCC(O)COP(=O)(O)OCC(O)COC(=O)CCCCCCCCCCCCCCCCCCCCC/C=C\C/C=C\C/C=C\C/C=C\CCCCC. The number of carbonyl (C=O) groups is 3. The molecule has 127 heavy (non-hydrogen) atoms. The lowest BCUT2D eigenvalue weighted by Crippen LogP contribution is -2.30. The molecule has 0 saturated carbocycles. The molecule has 732 valence electrons. The molecule has 0 aromatic carbocycles. The van der Waals surface area contributed by atoms with E-state index in [4.69, 9.17) is 32.3 Å². The van der Waals surface area contributed by atoms with E-state index < -0.39 is 91.5 Å². The fraction of sp³-hybridized carbons (Fsp3) is 0.734. The Morgan fingerprint density at radius 3 is 0.661 bits per heavy atom. The molecule has 0 aromatic rings. The Morgan fingerprint density at radius 2 is 0.417 bits per heavy atom. The van der Waals surface area contributed by atoms with E-state index in [0.717, 1.165) is 154 Å². The summed E-state index contributed by atoms with van der Waals surface area (Å²) in [5.41, 5.74) is 0. The molecule has 5 atom stereocenters. The summed E-state index contributed by atoms with van der Waals surface area (Å²) < 4.78 is 61.7. The normalized spacial score (nSPS) is 14.3. The van der Waals surface area contributed by atoms with Crippen LogP contribution in [0, 0.1) is 0 Å². The first kappa shape index (κ1) is 122. The third-order valence-electron chi connectivity index (χ3n) is 22.2. The van der Waals surface area contributed by atoms with Gasteiger partial charge in [0.15, 0.2) is 6.10 Å². The Labute approximate surface area is 778 Å². The highest BCUT2D eigenvalue weighted by Gasteiger charge is 2.30. The number of carbonyl (C=O) groups excluding carboxylic acids is 3. The molecule has 0 fully saturated rings.